The maximum Gasteiger partial charge on any atom is 0.223 e. The van der Waals surface area contributed by atoms with E-state index < -0.39 is 0 Å². The SMILES string of the molecule is CCCNc1cc(Nc2ccc(Br)c(Cl)c2)nc(N)n1. The third-order valence-electron chi connectivity index (χ3n) is 2.49. The number of hydrogen-bond donors (Lipinski definition) is 3. The number of nitrogens with two attached hydrogens (primary N) is 1. The minimum Gasteiger partial charge on any atom is -0.370 e. The monoisotopic (exact) mass is 355 g/mol. The molecule has 1 heterocycles. The molecule has 4 N–H and O–H groups in total. The van der Waals surface area contributed by atoms with Crippen LogP contribution in [-0.4, -0.2) is 16.5 Å². The van der Waals surface area contributed by atoms with Crippen LogP contribution in [0.1, 0.15) is 13.3 Å². The Labute approximate surface area is 131 Å². The highest BCUT2D eigenvalue weighted by molar-refractivity contribution is 9.10. The molecule has 2 rings (SSSR count). The van der Waals surface area contributed by atoms with Crippen molar-refractivity contribution in [1.82, 2.24) is 9.97 Å². The van der Waals surface area contributed by atoms with Crippen molar-refractivity contribution in [3.8, 4) is 0 Å². The predicted octanol–water partition coefficient (Wildman–Crippen LogP) is 4.04. The second-order valence-corrected chi connectivity index (χ2v) is 5.44. The Hall–Kier alpha value is -1.53. The number of halogens is 2. The lowest BCUT2D eigenvalue weighted by Crippen LogP contribution is -2.06. The van der Waals surface area contributed by atoms with Gasteiger partial charge in [0.2, 0.25) is 5.95 Å². The highest BCUT2D eigenvalue weighted by Crippen LogP contribution is 2.27. The fourth-order valence-corrected chi connectivity index (χ4v) is 2.02. The summed E-state index contributed by atoms with van der Waals surface area (Å²) < 4.78 is 0.845. The van der Waals surface area contributed by atoms with Gasteiger partial charge >= 0.3 is 0 Å². The average molecular weight is 357 g/mol. The van der Waals surface area contributed by atoms with Gasteiger partial charge in [-0.1, -0.05) is 18.5 Å². The first-order valence-electron chi connectivity index (χ1n) is 6.19. The van der Waals surface area contributed by atoms with Gasteiger partial charge in [-0.2, -0.15) is 9.97 Å². The number of hydrogen-bond acceptors (Lipinski definition) is 5. The number of rotatable bonds is 5. The van der Waals surface area contributed by atoms with Gasteiger partial charge in [0.25, 0.3) is 0 Å². The molecule has 0 atom stereocenters. The molecule has 0 fully saturated rings. The zero-order chi connectivity index (χ0) is 14.5. The Morgan fingerprint density at radius 3 is 2.70 bits per heavy atom. The van der Waals surface area contributed by atoms with E-state index in [0.29, 0.717) is 16.7 Å². The first-order valence-corrected chi connectivity index (χ1v) is 7.36. The van der Waals surface area contributed by atoms with Gasteiger partial charge < -0.3 is 16.4 Å². The summed E-state index contributed by atoms with van der Waals surface area (Å²) >= 11 is 9.41. The number of aromatic nitrogens is 2. The molecule has 1 aromatic heterocycles. The molecule has 106 valence electrons. The average Bonchev–Trinajstić information content (AvgIpc) is 2.40. The minimum atomic E-state index is 0.219. The van der Waals surface area contributed by atoms with Gasteiger partial charge in [-0.25, -0.2) is 0 Å². The zero-order valence-electron chi connectivity index (χ0n) is 11.0. The summed E-state index contributed by atoms with van der Waals surface area (Å²) in [6.07, 6.45) is 1.01. The molecule has 0 unspecified atom stereocenters. The van der Waals surface area contributed by atoms with E-state index in [1.807, 2.05) is 24.3 Å². The van der Waals surface area contributed by atoms with Gasteiger partial charge in [0, 0.05) is 22.8 Å². The van der Waals surface area contributed by atoms with E-state index in [0.717, 1.165) is 23.1 Å². The highest BCUT2D eigenvalue weighted by Gasteiger charge is 2.04. The number of benzene rings is 1. The van der Waals surface area contributed by atoms with Crippen molar-refractivity contribution in [3.63, 3.8) is 0 Å². The van der Waals surface area contributed by atoms with E-state index in [-0.39, 0.29) is 5.95 Å². The largest absolute Gasteiger partial charge is 0.370 e. The standard InChI is InChI=1S/C13H15BrClN5/c1-2-5-17-11-7-12(20-13(16)19-11)18-8-3-4-9(14)10(15)6-8/h3-4,6-7H,2,5H2,1H3,(H4,16,17,18,19,20). The Morgan fingerprint density at radius 1 is 1.25 bits per heavy atom. The molecule has 7 heteroatoms. The molecule has 0 bridgehead atoms. The number of nitrogens with zero attached hydrogens (tertiary/aromatic N) is 2. The van der Waals surface area contributed by atoms with Gasteiger partial charge in [-0.3, -0.25) is 0 Å². The molecule has 2 aromatic rings. The first-order chi connectivity index (χ1) is 9.58. The smallest absolute Gasteiger partial charge is 0.223 e. The Bertz CT molecular complexity index is 605. The maximum absolute atomic E-state index is 6.05. The topological polar surface area (TPSA) is 75.9 Å². The van der Waals surface area contributed by atoms with E-state index in [1.54, 1.807) is 0 Å². The van der Waals surface area contributed by atoms with Gasteiger partial charge in [0.05, 0.1) is 5.02 Å². The maximum atomic E-state index is 6.05. The summed E-state index contributed by atoms with van der Waals surface area (Å²) in [6.45, 7) is 2.92. The lowest BCUT2D eigenvalue weighted by molar-refractivity contribution is 0.967. The van der Waals surface area contributed by atoms with Crippen molar-refractivity contribution in [1.29, 1.82) is 0 Å². The van der Waals surface area contributed by atoms with Crippen molar-refractivity contribution in [2.45, 2.75) is 13.3 Å². The van der Waals surface area contributed by atoms with Gasteiger partial charge in [0.1, 0.15) is 11.6 Å². The van der Waals surface area contributed by atoms with Crippen LogP contribution in [0.25, 0.3) is 0 Å². The van der Waals surface area contributed by atoms with E-state index in [4.69, 9.17) is 17.3 Å². The molecule has 0 aliphatic rings. The summed E-state index contributed by atoms with van der Waals surface area (Å²) in [5.41, 5.74) is 6.53. The molecule has 1 aromatic carbocycles. The van der Waals surface area contributed by atoms with Gasteiger partial charge in [0.15, 0.2) is 0 Å². The van der Waals surface area contributed by atoms with Crippen LogP contribution in [0.3, 0.4) is 0 Å². The van der Waals surface area contributed by atoms with E-state index in [1.165, 1.54) is 0 Å². The Morgan fingerprint density at radius 2 is 2.00 bits per heavy atom. The van der Waals surface area contributed by atoms with Crippen LogP contribution in [0.4, 0.5) is 23.3 Å². The van der Waals surface area contributed by atoms with Crippen molar-refractivity contribution >= 4 is 50.8 Å². The molecule has 0 radical (unpaired) electrons. The second-order valence-electron chi connectivity index (χ2n) is 4.18. The zero-order valence-corrected chi connectivity index (χ0v) is 13.3. The van der Waals surface area contributed by atoms with Crippen LogP contribution in [0.15, 0.2) is 28.7 Å². The van der Waals surface area contributed by atoms with E-state index >= 15 is 0 Å². The van der Waals surface area contributed by atoms with Crippen molar-refractivity contribution in [3.05, 3.63) is 33.8 Å². The third-order valence-corrected chi connectivity index (χ3v) is 3.72. The van der Waals surface area contributed by atoms with Crippen molar-refractivity contribution in [2.24, 2.45) is 0 Å². The van der Waals surface area contributed by atoms with Gasteiger partial charge in [-0.15, -0.1) is 0 Å². The van der Waals surface area contributed by atoms with Crippen LogP contribution in [0, 0.1) is 0 Å². The van der Waals surface area contributed by atoms with Crippen LogP contribution in [0.5, 0.6) is 0 Å². The fraction of sp³-hybridized carbons (Fsp3) is 0.231. The normalized spacial score (nSPS) is 10.3. The molecule has 0 spiro atoms. The molecule has 20 heavy (non-hydrogen) atoms. The summed E-state index contributed by atoms with van der Waals surface area (Å²) in [7, 11) is 0. The van der Waals surface area contributed by atoms with Crippen LogP contribution < -0.4 is 16.4 Å². The predicted molar refractivity (Wildman–Crippen MR) is 87.7 cm³/mol. The summed E-state index contributed by atoms with van der Waals surface area (Å²) in [5, 5.41) is 6.96. The molecule has 0 aliphatic carbocycles. The fourth-order valence-electron chi connectivity index (χ4n) is 1.60. The Balaban J connectivity index is 2.19. The third kappa shape index (κ3) is 3.98. The lowest BCUT2D eigenvalue weighted by atomic mass is 10.3. The summed E-state index contributed by atoms with van der Waals surface area (Å²) in [5.74, 6) is 1.54. The van der Waals surface area contributed by atoms with Crippen LogP contribution in [0.2, 0.25) is 5.02 Å². The molecule has 0 amide bonds. The minimum absolute atomic E-state index is 0.219. The molecule has 0 aliphatic heterocycles. The van der Waals surface area contributed by atoms with Crippen LogP contribution >= 0.6 is 27.5 Å². The Kier molecular flexibility index (Phi) is 5.03. The first kappa shape index (κ1) is 14.9. The van der Waals surface area contributed by atoms with E-state index in [2.05, 4.69) is 43.5 Å². The molecule has 5 nitrogen and oxygen atoms in total. The molecular weight excluding hydrogens is 342 g/mol. The molecule has 0 saturated carbocycles. The van der Waals surface area contributed by atoms with Gasteiger partial charge in [-0.05, 0) is 40.5 Å². The second kappa shape index (κ2) is 6.76. The molecular formula is C13H15BrClN5. The molecule has 0 saturated heterocycles. The summed E-state index contributed by atoms with van der Waals surface area (Å²) in [4.78, 5) is 8.28. The quantitative estimate of drug-likeness (QED) is 0.754. The van der Waals surface area contributed by atoms with E-state index in [9.17, 15) is 0 Å². The van der Waals surface area contributed by atoms with Crippen molar-refractivity contribution < 1.29 is 0 Å². The lowest BCUT2D eigenvalue weighted by Gasteiger charge is -2.10. The van der Waals surface area contributed by atoms with Crippen molar-refractivity contribution in [2.75, 3.05) is 22.9 Å². The number of nitrogen functional groups attached to an aromatic ring is 1. The van der Waals surface area contributed by atoms with Crippen LogP contribution in [-0.2, 0) is 0 Å². The summed E-state index contributed by atoms with van der Waals surface area (Å²) in [6, 6.07) is 7.38. The number of nitrogens with one attached hydrogen (secondary N) is 2. The highest BCUT2D eigenvalue weighted by atomic mass is 79.9. The number of anilines is 4.